The third-order valence-electron chi connectivity index (χ3n) is 2.33. The average molecular weight is 235 g/mol. The van der Waals surface area contributed by atoms with E-state index in [0.29, 0.717) is 0 Å². The number of para-hydroxylation sites is 1. The molecule has 0 radical (unpaired) electrons. The minimum Gasteiger partial charge on any atom is -0.320 e. The molecule has 1 aromatic rings. The molecule has 16 heavy (non-hydrogen) atoms. The minimum absolute atomic E-state index is 0.756. The van der Waals surface area contributed by atoms with Gasteiger partial charge in [-0.2, -0.15) is 0 Å². The number of anilines is 1. The zero-order valence-electron chi connectivity index (χ0n) is 9.76. The Labute approximate surface area is 101 Å². The quantitative estimate of drug-likeness (QED) is 0.799. The summed E-state index contributed by atoms with van der Waals surface area (Å²) in [6.07, 6.45) is 0. The molecule has 0 amide bonds. The van der Waals surface area contributed by atoms with E-state index in [1.807, 2.05) is 31.9 Å². The van der Waals surface area contributed by atoms with Gasteiger partial charge >= 0.3 is 0 Å². The fourth-order valence-corrected chi connectivity index (χ4v) is 2.54. The molecule has 1 aliphatic heterocycles. The van der Waals surface area contributed by atoms with Crippen molar-refractivity contribution in [2.75, 3.05) is 38.0 Å². The van der Waals surface area contributed by atoms with Crippen molar-refractivity contribution in [1.82, 2.24) is 4.90 Å². The van der Waals surface area contributed by atoms with Gasteiger partial charge in [-0.3, -0.25) is 4.90 Å². The Morgan fingerprint density at radius 1 is 1.31 bits per heavy atom. The maximum atomic E-state index is 4.61. The molecule has 2 rings (SSSR count). The molecule has 0 aliphatic carbocycles. The predicted molar refractivity (Wildman–Crippen MR) is 72.2 cm³/mol. The van der Waals surface area contributed by atoms with Crippen LogP contribution in [0.15, 0.2) is 35.3 Å². The van der Waals surface area contributed by atoms with Gasteiger partial charge in [0.1, 0.15) is 0 Å². The Hall–Kier alpha value is -1.00. The van der Waals surface area contributed by atoms with Crippen molar-refractivity contribution in [3.63, 3.8) is 0 Å². The molecule has 0 atom stereocenters. The molecule has 86 valence electrons. The lowest BCUT2D eigenvalue weighted by Gasteiger charge is -2.18. The highest BCUT2D eigenvalue weighted by molar-refractivity contribution is 8.14. The van der Waals surface area contributed by atoms with E-state index in [4.69, 9.17) is 0 Å². The van der Waals surface area contributed by atoms with Crippen molar-refractivity contribution in [2.45, 2.75) is 0 Å². The molecule has 3 nitrogen and oxygen atoms in total. The average Bonchev–Trinajstić information content (AvgIpc) is 2.75. The number of aliphatic imine (C=N–C) groups is 1. The maximum absolute atomic E-state index is 4.61. The molecule has 0 unspecified atom stereocenters. The largest absolute Gasteiger partial charge is 0.320 e. The summed E-state index contributed by atoms with van der Waals surface area (Å²) in [5, 5.41) is 1.14. The Morgan fingerprint density at radius 3 is 2.75 bits per heavy atom. The number of amidine groups is 1. The molecule has 0 aromatic heterocycles. The first-order valence-corrected chi connectivity index (χ1v) is 6.40. The monoisotopic (exact) mass is 235 g/mol. The van der Waals surface area contributed by atoms with Crippen LogP contribution in [0.25, 0.3) is 0 Å². The molecule has 1 aromatic carbocycles. The minimum atomic E-state index is 0.756. The second-order valence-electron chi connectivity index (χ2n) is 4.00. The van der Waals surface area contributed by atoms with Crippen LogP contribution in [-0.2, 0) is 0 Å². The van der Waals surface area contributed by atoms with E-state index in [2.05, 4.69) is 39.1 Å². The van der Waals surface area contributed by atoms with Gasteiger partial charge < -0.3 is 4.90 Å². The van der Waals surface area contributed by atoms with Gasteiger partial charge in [-0.05, 0) is 26.2 Å². The zero-order chi connectivity index (χ0) is 11.4. The van der Waals surface area contributed by atoms with E-state index >= 15 is 0 Å². The van der Waals surface area contributed by atoms with Crippen LogP contribution >= 0.6 is 11.8 Å². The lowest BCUT2D eigenvalue weighted by atomic mass is 10.3. The molecule has 1 fully saturated rings. The summed E-state index contributed by atoms with van der Waals surface area (Å²) in [7, 11) is 4.08. The second-order valence-corrected chi connectivity index (χ2v) is 5.06. The Morgan fingerprint density at radius 2 is 2.06 bits per heavy atom. The van der Waals surface area contributed by atoms with Gasteiger partial charge in [-0.15, -0.1) is 0 Å². The van der Waals surface area contributed by atoms with E-state index < -0.39 is 0 Å². The first-order valence-electron chi connectivity index (χ1n) is 5.42. The van der Waals surface area contributed by atoms with E-state index in [1.165, 1.54) is 5.69 Å². The summed E-state index contributed by atoms with van der Waals surface area (Å²) in [5.74, 6) is 1.13. The highest BCUT2D eigenvalue weighted by atomic mass is 32.2. The van der Waals surface area contributed by atoms with Crippen molar-refractivity contribution in [2.24, 2.45) is 4.99 Å². The van der Waals surface area contributed by atoms with Crippen LogP contribution in [-0.4, -0.2) is 43.1 Å². The normalized spacial score (nSPS) is 18.7. The van der Waals surface area contributed by atoms with Crippen LogP contribution in [0.4, 0.5) is 5.69 Å². The first-order chi connectivity index (χ1) is 7.77. The second kappa shape index (κ2) is 5.37. The third kappa shape index (κ3) is 2.77. The van der Waals surface area contributed by atoms with Gasteiger partial charge in [-0.1, -0.05) is 30.0 Å². The van der Waals surface area contributed by atoms with Crippen LogP contribution in [0.5, 0.6) is 0 Å². The van der Waals surface area contributed by atoms with Gasteiger partial charge in [-0.25, -0.2) is 4.99 Å². The Balaban J connectivity index is 2.12. The Kier molecular flexibility index (Phi) is 3.85. The van der Waals surface area contributed by atoms with Gasteiger partial charge in [0.2, 0.25) is 0 Å². The highest BCUT2D eigenvalue weighted by Gasteiger charge is 2.20. The first kappa shape index (κ1) is 11.5. The molecule has 1 heterocycles. The fraction of sp³-hybridized carbons (Fsp3) is 0.417. The number of benzene rings is 1. The summed E-state index contributed by atoms with van der Waals surface area (Å²) in [5.41, 5.74) is 1.24. The van der Waals surface area contributed by atoms with Gasteiger partial charge in [0.05, 0.1) is 6.67 Å². The summed E-state index contributed by atoms with van der Waals surface area (Å²) in [4.78, 5) is 8.98. The van der Waals surface area contributed by atoms with Crippen molar-refractivity contribution in [3.05, 3.63) is 30.3 Å². The highest BCUT2D eigenvalue weighted by Crippen LogP contribution is 2.25. The lowest BCUT2D eigenvalue weighted by molar-refractivity contribution is 0.424. The fourth-order valence-electron chi connectivity index (χ4n) is 1.58. The van der Waals surface area contributed by atoms with Gasteiger partial charge in [0.15, 0.2) is 5.17 Å². The van der Waals surface area contributed by atoms with Gasteiger partial charge in [0.25, 0.3) is 0 Å². The molecular weight excluding hydrogens is 218 g/mol. The lowest BCUT2D eigenvalue weighted by Crippen LogP contribution is -2.25. The van der Waals surface area contributed by atoms with Crippen LogP contribution in [0.1, 0.15) is 0 Å². The van der Waals surface area contributed by atoms with Crippen LogP contribution < -0.4 is 4.90 Å². The number of nitrogens with zero attached hydrogens (tertiary/aromatic N) is 3. The number of hydrogen-bond acceptors (Lipinski definition) is 3. The third-order valence-corrected chi connectivity index (χ3v) is 3.33. The van der Waals surface area contributed by atoms with Crippen molar-refractivity contribution in [1.29, 1.82) is 0 Å². The molecule has 1 aliphatic rings. The smallest absolute Gasteiger partial charge is 0.165 e. The summed E-state index contributed by atoms with van der Waals surface area (Å²) in [6.45, 7) is 1.81. The van der Waals surface area contributed by atoms with E-state index in [0.717, 1.165) is 24.1 Å². The SMILES string of the molecule is CN(C)CN=C1SCCN1c1ccccc1. The van der Waals surface area contributed by atoms with E-state index in [1.54, 1.807) is 0 Å². The summed E-state index contributed by atoms with van der Waals surface area (Å²) in [6, 6.07) is 10.5. The van der Waals surface area contributed by atoms with Crippen molar-refractivity contribution < 1.29 is 0 Å². The predicted octanol–water partition coefficient (Wildman–Crippen LogP) is 2.11. The van der Waals surface area contributed by atoms with Crippen LogP contribution in [0.2, 0.25) is 0 Å². The maximum Gasteiger partial charge on any atom is 0.165 e. The standard InChI is InChI=1S/C12H17N3S/c1-14(2)10-13-12-15(8-9-16-12)11-6-4-3-5-7-11/h3-7H,8-10H2,1-2H3. The topological polar surface area (TPSA) is 18.8 Å². The molecule has 0 bridgehead atoms. The van der Waals surface area contributed by atoms with E-state index in [-0.39, 0.29) is 0 Å². The molecule has 0 spiro atoms. The molecule has 0 saturated carbocycles. The van der Waals surface area contributed by atoms with Crippen LogP contribution in [0, 0.1) is 0 Å². The van der Waals surface area contributed by atoms with Gasteiger partial charge in [0, 0.05) is 18.0 Å². The van der Waals surface area contributed by atoms with Crippen molar-refractivity contribution >= 4 is 22.6 Å². The Bertz CT molecular complexity index is 362. The van der Waals surface area contributed by atoms with E-state index in [9.17, 15) is 0 Å². The number of hydrogen-bond donors (Lipinski definition) is 0. The summed E-state index contributed by atoms with van der Waals surface area (Å²) < 4.78 is 0. The summed E-state index contributed by atoms with van der Waals surface area (Å²) >= 11 is 1.84. The van der Waals surface area contributed by atoms with Crippen molar-refractivity contribution in [3.8, 4) is 0 Å². The van der Waals surface area contributed by atoms with Crippen LogP contribution in [0.3, 0.4) is 0 Å². The number of thioether (sulfide) groups is 1. The zero-order valence-corrected chi connectivity index (χ0v) is 10.6. The molecule has 0 N–H and O–H groups in total. The molecular formula is C12H17N3S. The molecule has 1 saturated heterocycles. The molecule has 4 heteroatoms. The number of rotatable bonds is 3.